The molecule has 0 fully saturated rings. The molecule has 0 saturated heterocycles. The number of carbonyl (C=O) groups is 1. The van der Waals surface area contributed by atoms with Crippen LogP contribution in [0.2, 0.25) is 0 Å². The summed E-state index contributed by atoms with van der Waals surface area (Å²) in [5, 5.41) is 20.2. The number of hydrogen-bond donors (Lipinski definition) is 2. The number of pyridine rings is 1. The van der Waals surface area contributed by atoms with E-state index in [0.29, 0.717) is 22.2 Å². The zero-order chi connectivity index (χ0) is 15.7. The molecule has 0 aliphatic heterocycles. The average molecular weight is 295 g/mol. The van der Waals surface area contributed by atoms with Gasteiger partial charge in [-0.15, -0.1) is 0 Å². The van der Waals surface area contributed by atoms with E-state index in [9.17, 15) is 15.0 Å². The van der Waals surface area contributed by atoms with Gasteiger partial charge in [0, 0.05) is 10.9 Å². The second kappa shape index (κ2) is 5.37. The average Bonchev–Trinajstić information content (AvgIpc) is 2.54. The lowest BCUT2D eigenvalue weighted by atomic mass is 10.0. The molecule has 3 rings (SSSR count). The number of para-hydroxylation sites is 1. The highest BCUT2D eigenvalue weighted by molar-refractivity contribution is 6.07. The van der Waals surface area contributed by atoms with Gasteiger partial charge in [0.2, 0.25) is 0 Å². The largest absolute Gasteiger partial charge is 0.505 e. The van der Waals surface area contributed by atoms with E-state index < -0.39 is 5.97 Å². The molecule has 110 valence electrons. The first-order chi connectivity index (χ1) is 10.6. The van der Waals surface area contributed by atoms with Crippen molar-refractivity contribution in [3.63, 3.8) is 0 Å². The van der Waals surface area contributed by atoms with Gasteiger partial charge in [0.1, 0.15) is 17.0 Å². The smallest absolute Gasteiger partial charge is 0.340 e. The fraction of sp³-hybridized carbons (Fsp3) is 0.0588. The van der Waals surface area contributed by atoms with Crippen LogP contribution >= 0.6 is 0 Å². The van der Waals surface area contributed by atoms with Crippen molar-refractivity contribution in [1.82, 2.24) is 4.98 Å². The van der Waals surface area contributed by atoms with Crippen LogP contribution in [0.3, 0.4) is 0 Å². The summed E-state index contributed by atoms with van der Waals surface area (Å²) in [4.78, 5) is 15.9. The van der Waals surface area contributed by atoms with E-state index in [1.165, 1.54) is 0 Å². The van der Waals surface area contributed by atoms with E-state index in [0.717, 1.165) is 0 Å². The molecule has 2 N–H and O–H groups in total. The number of aromatic carboxylic acids is 1. The molecule has 0 aliphatic rings. The SMILES string of the molecule is COc1ccc(-c2nc3ccccc3c(C(=O)O)c2O)cc1. The van der Waals surface area contributed by atoms with Crippen molar-refractivity contribution in [2.75, 3.05) is 7.11 Å². The lowest BCUT2D eigenvalue weighted by Crippen LogP contribution is -2.01. The summed E-state index contributed by atoms with van der Waals surface area (Å²) < 4.78 is 5.09. The first kappa shape index (κ1) is 13.9. The van der Waals surface area contributed by atoms with Crippen molar-refractivity contribution in [2.45, 2.75) is 0 Å². The van der Waals surface area contributed by atoms with Crippen LogP contribution in [-0.2, 0) is 0 Å². The zero-order valence-corrected chi connectivity index (χ0v) is 11.8. The van der Waals surface area contributed by atoms with Crippen LogP contribution in [0, 0.1) is 0 Å². The van der Waals surface area contributed by atoms with Crippen LogP contribution in [0.25, 0.3) is 22.2 Å². The topological polar surface area (TPSA) is 79.7 Å². The van der Waals surface area contributed by atoms with Crippen molar-refractivity contribution in [3.8, 4) is 22.8 Å². The van der Waals surface area contributed by atoms with E-state index in [2.05, 4.69) is 4.98 Å². The summed E-state index contributed by atoms with van der Waals surface area (Å²) in [7, 11) is 1.56. The van der Waals surface area contributed by atoms with Crippen LogP contribution in [0.1, 0.15) is 10.4 Å². The Balaban J connectivity index is 2.29. The number of ether oxygens (including phenoxy) is 1. The fourth-order valence-corrected chi connectivity index (χ4v) is 2.37. The maximum Gasteiger partial charge on any atom is 0.340 e. The number of methoxy groups -OCH3 is 1. The Morgan fingerprint density at radius 2 is 1.77 bits per heavy atom. The third-order valence-electron chi connectivity index (χ3n) is 3.44. The number of rotatable bonds is 3. The molecular weight excluding hydrogens is 282 g/mol. The molecule has 0 atom stereocenters. The third-order valence-corrected chi connectivity index (χ3v) is 3.44. The summed E-state index contributed by atoms with van der Waals surface area (Å²) >= 11 is 0. The maximum absolute atomic E-state index is 11.5. The molecule has 0 bridgehead atoms. The first-order valence-electron chi connectivity index (χ1n) is 6.61. The number of aromatic nitrogens is 1. The van der Waals surface area contributed by atoms with Crippen molar-refractivity contribution < 1.29 is 19.7 Å². The van der Waals surface area contributed by atoms with Gasteiger partial charge in [-0.2, -0.15) is 0 Å². The van der Waals surface area contributed by atoms with Crippen molar-refractivity contribution in [1.29, 1.82) is 0 Å². The second-order valence-corrected chi connectivity index (χ2v) is 4.73. The van der Waals surface area contributed by atoms with Gasteiger partial charge in [-0.3, -0.25) is 0 Å². The minimum Gasteiger partial charge on any atom is -0.505 e. The van der Waals surface area contributed by atoms with Gasteiger partial charge in [0.25, 0.3) is 0 Å². The Kier molecular flexibility index (Phi) is 3.39. The molecule has 1 aromatic heterocycles. The van der Waals surface area contributed by atoms with Crippen molar-refractivity contribution >= 4 is 16.9 Å². The first-order valence-corrected chi connectivity index (χ1v) is 6.61. The Hall–Kier alpha value is -3.08. The Morgan fingerprint density at radius 1 is 1.09 bits per heavy atom. The number of carboxylic acid groups (broad SMARTS) is 1. The highest BCUT2D eigenvalue weighted by atomic mass is 16.5. The molecular formula is C17H13NO4. The van der Waals surface area contributed by atoms with E-state index >= 15 is 0 Å². The quantitative estimate of drug-likeness (QED) is 0.775. The molecule has 1 heterocycles. The molecule has 5 heteroatoms. The van der Waals surface area contributed by atoms with Gasteiger partial charge in [0.15, 0.2) is 5.75 Å². The van der Waals surface area contributed by atoms with Gasteiger partial charge >= 0.3 is 5.97 Å². The van der Waals surface area contributed by atoms with Gasteiger partial charge < -0.3 is 14.9 Å². The van der Waals surface area contributed by atoms with E-state index in [1.807, 2.05) is 0 Å². The van der Waals surface area contributed by atoms with E-state index in [1.54, 1.807) is 55.6 Å². The minimum absolute atomic E-state index is 0.142. The summed E-state index contributed by atoms with van der Waals surface area (Å²) in [6.45, 7) is 0. The van der Waals surface area contributed by atoms with Gasteiger partial charge in [-0.05, 0) is 30.3 Å². The molecule has 22 heavy (non-hydrogen) atoms. The van der Waals surface area contributed by atoms with E-state index in [4.69, 9.17) is 4.74 Å². The summed E-state index contributed by atoms with van der Waals surface area (Å²) in [5.74, 6) is -0.857. The number of benzene rings is 2. The monoisotopic (exact) mass is 295 g/mol. The molecule has 0 radical (unpaired) electrons. The lowest BCUT2D eigenvalue weighted by Gasteiger charge is -2.11. The second-order valence-electron chi connectivity index (χ2n) is 4.73. The number of aromatic hydroxyl groups is 1. The normalized spacial score (nSPS) is 10.6. The standard InChI is InChI=1S/C17H13NO4/c1-22-11-8-6-10(7-9-11)15-16(19)14(17(20)21)12-4-2-3-5-13(12)18-15/h2-9,19H,1H3,(H,20,21). The molecule has 0 unspecified atom stereocenters. The lowest BCUT2D eigenvalue weighted by molar-refractivity contribution is 0.0696. The van der Waals surface area contributed by atoms with E-state index in [-0.39, 0.29) is 17.0 Å². The van der Waals surface area contributed by atoms with Crippen molar-refractivity contribution in [3.05, 3.63) is 54.1 Å². The highest BCUT2D eigenvalue weighted by Crippen LogP contribution is 2.35. The highest BCUT2D eigenvalue weighted by Gasteiger charge is 2.20. The maximum atomic E-state index is 11.5. The van der Waals surface area contributed by atoms with Crippen molar-refractivity contribution in [2.24, 2.45) is 0 Å². The number of nitrogens with zero attached hydrogens (tertiary/aromatic N) is 1. The number of hydrogen-bond acceptors (Lipinski definition) is 4. The van der Waals surface area contributed by atoms with Crippen LogP contribution in [0.15, 0.2) is 48.5 Å². The predicted molar refractivity (Wildman–Crippen MR) is 82.4 cm³/mol. The zero-order valence-electron chi connectivity index (χ0n) is 11.8. The van der Waals surface area contributed by atoms with Crippen LogP contribution in [0.5, 0.6) is 11.5 Å². The molecule has 0 aliphatic carbocycles. The summed E-state index contributed by atoms with van der Waals surface area (Å²) in [5.41, 5.74) is 1.23. The Labute approximate surface area is 126 Å². The van der Waals surface area contributed by atoms with Crippen LogP contribution in [0.4, 0.5) is 0 Å². The van der Waals surface area contributed by atoms with Gasteiger partial charge in [-0.25, -0.2) is 9.78 Å². The summed E-state index contributed by atoms with van der Waals surface area (Å²) in [6, 6.07) is 13.7. The predicted octanol–water partition coefficient (Wildman–Crippen LogP) is 3.31. The summed E-state index contributed by atoms with van der Waals surface area (Å²) in [6.07, 6.45) is 0. The Morgan fingerprint density at radius 3 is 2.41 bits per heavy atom. The Bertz CT molecular complexity index is 856. The number of fused-ring (bicyclic) bond motifs is 1. The molecule has 2 aromatic carbocycles. The third kappa shape index (κ3) is 2.22. The van der Waals surface area contributed by atoms with Gasteiger partial charge in [-0.1, -0.05) is 18.2 Å². The number of carboxylic acids is 1. The van der Waals surface area contributed by atoms with Gasteiger partial charge in [0.05, 0.1) is 12.6 Å². The molecule has 5 nitrogen and oxygen atoms in total. The van der Waals surface area contributed by atoms with Crippen LogP contribution in [-0.4, -0.2) is 28.3 Å². The minimum atomic E-state index is -1.19. The fourth-order valence-electron chi connectivity index (χ4n) is 2.37. The molecule has 3 aromatic rings. The molecule has 0 spiro atoms. The van der Waals surface area contributed by atoms with Crippen LogP contribution < -0.4 is 4.74 Å². The molecule has 0 saturated carbocycles. The molecule has 0 amide bonds.